The van der Waals surface area contributed by atoms with Crippen LogP contribution in [-0.2, 0) is 4.79 Å². The molecule has 5 heteroatoms. The summed E-state index contributed by atoms with van der Waals surface area (Å²) in [5, 5.41) is 12.0. The number of carboxylic acids is 1. The van der Waals surface area contributed by atoms with Gasteiger partial charge in [-0.25, -0.2) is 0 Å². The van der Waals surface area contributed by atoms with Gasteiger partial charge in [0.25, 0.3) is 5.91 Å². The number of carboxylic acid groups (broad SMARTS) is 1. The summed E-state index contributed by atoms with van der Waals surface area (Å²) in [4.78, 5) is 23.5. The Balaban J connectivity index is 2.70. The van der Waals surface area contributed by atoms with E-state index in [-0.39, 0.29) is 12.5 Å². The van der Waals surface area contributed by atoms with E-state index < -0.39 is 11.4 Å². The van der Waals surface area contributed by atoms with E-state index in [1.807, 2.05) is 20.8 Å². The Morgan fingerprint density at radius 3 is 2.14 bits per heavy atom. The van der Waals surface area contributed by atoms with Crippen LogP contribution < -0.4 is 10.1 Å². The topological polar surface area (TPSA) is 75.6 Å². The molecule has 1 aromatic rings. The summed E-state index contributed by atoms with van der Waals surface area (Å²) in [6.07, 6.45) is 0.949. The van der Waals surface area contributed by atoms with Crippen LogP contribution in [0, 0.1) is 5.41 Å². The van der Waals surface area contributed by atoms with Crippen LogP contribution in [0.4, 0.5) is 0 Å². The van der Waals surface area contributed by atoms with Crippen molar-refractivity contribution in [3.8, 4) is 5.75 Å². The van der Waals surface area contributed by atoms with Gasteiger partial charge in [-0.1, -0.05) is 13.8 Å². The van der Waals surface area contributed by atoms with Crippen molar-refractivity contribution in [1.29, 1.82) is 0 Å². The summed E-state index contributed by atoms with van der Waals surface area (Å²) in [5.74, 6) is -0.443. The lowest BCUT2D eigenvalue weighted by atomic mass is 9.82. The third kappa shape index (κ3) is 4.21. The molecule has 0 bridgehead atoms. The normalized spacial score (nSPS) is 11.0. The van der Waals surface area contributed by atoms with Crippen molar-refractivity contribution in [2.75, 3.05) is 13.2 Å². The Morgan fingerprint density at radius 1 is 1.14 bits per heavy atom. The molecule has 0 aliphatic heterocycles. The molecule has 0 fully saturated rings. The first-order valence-electron chi connectivity index (χ1n) is 7.23. The van der Waals surface area contributed by atoms with Gasteiger partial charge in [0.1, 0.15) is 5.75 Å². The highest BCUT2D eigenvalue weighted by Gasteiger charge is 2.35. The van der Waals surface area contributed by atoms with Gasteiger partial charge < -0.3 is 15.2 Å². The molecule has 0 heterocycles. The van der Waals surface area contributed by atoms with Crippen LogP contribution in [0.15, 0.2) is 24.3 Å². The fourth-order valence-electron chi connectivity index (χ4n) is 2.10. The Hall–Kier alpha value is -2.04. The van der Waals surface area contributed by atoms with Crippen LogP contribution in [0.25, 0.3) is 0 Å². The molecule has 1 rings (SSSR count). The molecular formula is C16H23NO4. The van der Waals surface area contributed by atoms with Crippen LogP contribution in [0.3, 0.4) is 0 Å². The lowest BCUT2D eigenvalue weighted by molar-refractivity contribution is -0.149. The van der Waals surface area contributed by atoms with E-state index in [4.69, 9.17) is 4.74 Å². The third-order valence-corrected chi connectivity index (χ3v) is 3.82. The molecule has 5 nitrogen and oxygen atoms in total. The smallest absolute Gasteiger partial charge is 0.311 e. The maximum Gasteiger partial charge on any atom is 0.311 e. The highest BCUT2D eigenvalue weighted by molar-refractivity contribution is 5.94. The molecule has 0 spiro atoms. The molecule has 0 saturated heterocycles. The van der Waals surface area contributed by atoms with Crippen molar-refractivity contribution < 1.29 is 19.4 Å². The number of rotatable bonds is 8. The number of aliphatic carboxylic acids is 1. The monoisotopic (exact) mass is 293 g/mol. The molecule has 1 amide bonds. The van der Waals surface area contributed by atoms with Gasteiger partial charge in [0.2, 0.25) is 0 Å². The van der Waals surface area contributed by atoms with E-state index >= 15 is 0 Å². The number of amides is 1. The molecule has 0 aliphatic rings. The number of ether oxygens (including phenoxy) is 1. The van der Waals surface area contributed by atoms with Crippen molar-refractivity contribution in [1.82, 2.24) is 5.32 Å². The summed E-state index contributed by atoms with van der Waals surface area (Å²) in [7, 11) is 0. The van der Waals surface area contributed by atoms with Crippen molar-refractivity contribution in [2.45, 2.75) is 33.6 Å². The predicted molar refractivity (Wildman–Crippen MR) is 80.6 cm³/mol. The average Bonchev–Trinajstić information content (AvgIpc) is 2.49. The maximum absolute atomic E-state index is 12.1. The maximum atomic E-state index is 12.1. The molecule has 1 aromatic carbocycles. The van der Waals surface area contributed by atoms with Gasteiger partial charge in [0.15, 0.2) is 0 Å². The molecule has 0 saturated carbocycles. The van der Waals surface area contributed by atoms with Crippen molar-refractivity contribution >= 4 is 11.9 Å². The summed E-state index contributed by atoms with van der Waals surface area (Å²) in [5.41, 5.74) is -0.411. The molecule has 0 radical (unpaired) electrons. The fraction of sp³-hybridized carbons (Fsp3) is 0.500. The quantitative estimate of drug-likeness (QED) is 0.772. The molecule has 21 heavy (non-hydrogen) atoms. The number of carbonyl (C=O) groups excluding carboxylic acids is 1. The first kappa shape index (κ1) is 17.0. The minimum Gasteiger partial charge on any atom is -0.494 e. The summed E-state index contributed by atoms with van der Waals surface area (Å²) >= 11 is 0. The van der Waals surface area contributed by atoms with Crippen molar-refractivity contribution in [3.05, 3.63) is 29.8 Å². The molecule has 116 valence electrons. The number of hydrogen-bond acceptors (Lipinski definition) is 3. The van der Waals surface area contributed by atoms with E-state index in [1.165, 1.54) is 0 Å². The minimum absolute atomic E-state index is 0.126. The van der Waals surface area contributed by atoms with E-state index in [1.54, 1.807) is 24.3 Å². The van der Waals surface area contributed by atoms with Crippen LogP contribution in [0.1, 0.15) is 44.0 Å². The lowest BCUT2D eigenvalue weighted by Gasteiger charge is -2.26. The lowest BCUT2D eigenvalue weighted by Crippen LogP contribution is -2.42. The van der Waals surface area contributed by atoms with E-state index in [0.717, 1.165) is 0 Å². The van der Waals surface area contributed by atoms with Crippen molar-refractivity contribution in [3.63, 3.8) is 0 Å². The second-order valence-electron chi connectivity index (χ2n) is 4.93. The van der Waals surface area contributed by atoms with Crippen LogP contribution in [0.2, 0.25) is 0 Å². The van der Waals surface area contributed by atoms with Gasteiger partial charge in [0, 0.05) is 12.1 Å². The summed E-state index contributed by atoms with van der Waals surface area (Å²) < 4.78 is 5.31. The fourth-order valence-corrected chi connectivity index (χ4v) is 2.10. The Kier molecular flexibility index (Phi) is 6.21. The summed E-state index contributed by atoms with van der Waals surface area (Å²) in [6, 6.07) is 6.78. The van der Waals surface area contributed by atoms with Gasteiger partial charge in [-0.05, 0) is 44.0 Å². The van der Waals surface area contributed by atoms with Crippen LogP contribution >= 0.6 is 0 Å². The van der Waals surface area contributed by atoms with E-state index in [2.05, 4.69) is 5.32 Å². The van der Waals surface area contributed by atoms with Gasteiger partial charge in [0.05, 0.1) is 12.0 Å². The second-order valence-corrected chi connectivity index (χ2v) is 4.93. The summed E-state index contributed by atoms with van der Waals surface area (Å²) in [6.45, 7) is 6.23. The Labute approximate surface area is 125 Å². The van der Waals surface area contributed by atoms with Gasteiger partial charge in [-0.15, -0.1) is 0 Å². The average molecular weight is 293 g/mol. The van der Waals surface area contributed by atoms with Gasteiger partial charge in [-0.3, -0.25) is 9.59 Å². The first-order valence-corrected chi connectivity index (χ1v) is 7.23. The SMILES string of the molecule is CCOc1ccc(C(=O)NCC(CC)(CC)C(=O)O)cc1. The van der Waals surface area contributed by atoms with Crippen LogP contribution in [0.5, 0.6) is 5.75 Å². The zero-order chi connectivity index (χ0) is 15.9. The zero-order valence-electron chi connectivity index (χ0n) is 12.8. The number of nitrogens with one attached hydrogen (secondary N) is 1. The predicted octanol–water partition coefficient (Wildman–Crippen LogP) is 2.71. The molecule has 0 atom stereocenters. The van der Waals surface area contributed by atoms with Gasteiger partial charge >= 0.3 is 5.97 Å². The second kappa shape index (κ2) is 7.67. The molecule has 0 aliphatic carbocycles. The number of hydrogen-bond donors (Lipinski definition) is 2. The first-order chi connectivity index (χ1) is 9.99. The molecule has 2 N–H and O–H groups in total. The van der Waals surface area contributed by atoms with E-state index in [0.29, 0.717) is 30.8 Å². The highest BCUT2D eigenvalue weighted by atomic mass is 16.5. The largest absolute Gasteiger partial charge is 0.494 e. The van der Waals surface area contributed by atoms with Gasteiger partial charge in [-0.2, -0.15) is 0 Å². The van der Waals surface area contributed by atoms with Crippen LogP contribution in [-0.4, -0.2) is 30.1 Å². The standard InChI is InChI=1S/C16H23NO4/c1-4-16(5-2,15(19)20)11-17-14(18)12-7-9-13(10-8-12)21-6-3/h7-10H,4-6,11H2,1-3H3,(H,17,18)(H,19,20). The molecule has 0 unspecified atom stereocenters. The number of carbonyl (C=O) groups is 2. The molecular weight excluding hydrogens is 270 g/mol. The highest BCUT2D eigenvalue weighted by Crippen LogP contribution is 2.25. The Bertz CT molecular complexity index is 478. The van der Waals surface area contributed by atoms with Crippen molar-refractivity contribution in [2.24, 2.45) is 5.41 Å². The Morgan fingerprint density at radius 2 is 1.71 bits per heavy atom. The molecule has 0 aromatic heterocycles. The third-order valence-electron chi connectivity index (χ3n) is 3.82. The zero-order valence-corrected chi connectivity index (χ0v) is 12.8. The van der Waals surface area contributed by atoms with E-state index in [9.17, 15) is 14.7 Å². The number of benzene rings is 1. The minimum atomic E-state index is -0.902.